The van der Waals surface area contributed by atoms with Crippen LogP contribution < -0.4 is 5.32 Å². The largest absolute Gasteiger partial charge is 0.480 e. The fraction of sp³-hybridized carbons (Fsp3) is 0.833. The number of hydrogen-bond acceptors (Lipinski definition) is 3. The van der Waals surface area contributed by atoms with Crippen LogP contribution in [0.15, 0.2) is 0 Å². The number of likely N-dealkylation sites (N-methyl/N-ethyl adjacent to an activating group) is 1. The average molecular weight is 260 g/mol. The number of carboxylic acid groups (broad SMARTS) is 1. The lowest BCUT2D eigenvalue weighted by Crippen LogP contribution is -2.47. The second kappa shape index (κ2) is 8.74. The first-order valence-corrected chi connectivity index (χ1v) is 6.20. The summed E-state index contributed by atoms with van der Waals surface area (Å²) in [5.74, 6) is -0.796. The first-order chi connectivity index (χ1) is 8.38. The molecule has 6 nitrogen and oxygen atoms in total. The number of aliphatic carboxylic acids is 1. The van der Waals surface area contributed by atoms with Crippen LogP contribution in [0.5, 0.6) is 0 Å². The fourth-order valence-electron chi connectivity index (χ4n) is 1.40. The van der Waals surface area contributed by atoms with E-state index in [2.05, 4.69) is 5.32 Å². The van der Waals surface area contributed by atoms with E-state index in [4.69, 9.17) is 9.84 Å². The normalized spacial score (nSPS) is 12.3. The maximum Gasteiger partial charge on any atom is 0.326 e. The molecule has 0 aliphatic heterocycles. The summed E-state index contributed by atoms with van der Waals surface area (Å²) >= 11 is 0. The Morgan fingerprint density at radius 1 is 1.39 bits per heavy atom. The summed E-state index contributed by atoms with van der Waals surface area (Å²) in [4.78, 5) is 24.1. The van der Waals surface area contributed by atoms with Crippen LogP contribution in [0.2, 0.25) is 0 Å². The zero-order chi connectivity index (χ0) is 14.1. The van der Waals surface area contributed by atoms with Crippen LogP contribution >= 0.6 is 0 Å². The molecule has 0 bridgehead atoms. The van der Waals surface area contributed by atoms with Crippen molar-refractivity contribution in [3.05, 3.63) is 0 Å². The summed E-state index contributed by atoms with van der Waals surface area (Å²) in [5, 5.41) is 11.5. The highest BCUT2D eigenvalue weighted by Gasteiger charge is 2.22. The van der Waals surface area contributed by atoms with Crippen molar-refractivity contribution >= 4 is 12.0 Å². The molecule has 0 heterocycles. The second-order valence-corrected chi connectivity index (χ2v) is 4.59. The zero-order valence-electron chi connectivity index (χ0n) is 11.6. The van der Waals surface area contributed by atoms with Crippen LogP contribution in [0, 0.1) is 5.92 Å². The van der Waals surface area contributed by atoms with Crippen LogP contribution in [0.4, 0.5) is 4.79 Å². The summed E-state index contributed by atoms with van der Waals surface area (Å²) < 4.78 is 5.13. The molecule has 0 aliphatic carbocycles. The van der Waals surface area contributed by atoms with Gasteiger partial charge in [0.2, 0.25) is 0 Å². The fourth-order valence-corrected chi connectivity index (χ4v) is 1.40. The van der Waals surface area contributed by atoms with Gasteiger partial charge in [-0.25, -0.2) is 9.59 Å². The summed E-state index contributed by atoms with van der Waals surface area (Å²) in [6.07, 6.45) is 0.417. The molecule has 0 saturated carbocycles. The first-order valence-electron chi connectivity index (χ1n) is 6.20. The third-order valence-corrected chi connectivity index (χ3v) is 2.42. The Bertz CT molecular complexity index is 269. The Kier molecular flexibility index (Phi) is 8.11. The quantitative estimate of drug-likeness (QED) is 0.642. The van der Waals surface area contributed by atoms with E-state index >= 15 is 0 Å². The average Bonchev–Trinajstić information content (AvgIpc) is 2.27. The molecule has 0 aromatic rings. The van der Waals surface area contributed by atoms with E-state index in [0.29, 0.717) is 26.2 Å². The Balaban J connectivity index is 4.19. The minimum atomic E-state index is -1.00. The topological polar surface area (TPSA) is 78.9 Å². The monoisotopic (exact) mass is 260 g/mol. The van der Waals surface area contributed by atoms with Crippen molar-refractivity contribution in [1.29, 1.82) is 0 Å². The molecule has 2 amide bonds. The molecular formula is C12H24N2O4. The summed E-state index contributed by atoms with van der Waals surface area (Å²) in [5.41, 5.74) is 0. The number of amides is 2. The van der Waals surface area contributed by atoms with Gasteiger partial charge in [-0.2, -0.15) is 0 Å². The molecular weight excluding hydrogens is 236 g/mol. The van der Waals surface area contributed by atoms with Gasteiger partial charge in [-0.1, -0.05) is 13.8 Å². The standard InChI is InChI=1S/C12H24N2O4/c1-5-18-7-6-14(4)12(17)13-10(11(15)16)8-9(2)3/h9-10H,5-8H2,1-4H3,(H,13,17)(H,15,16)/t10-/m1/s1. The van der Waals surface area contributed by atoms with Gasteiger partial charge in [0.15, 0.2) is 0 Å². The van der Waals surface area contributed by atoms with Crippen molar-refractivity contribution in [3.63, 3.8) is 0 Å². The Morgan fingerprint density at radius 3 is 2.44 bits per heavy atom. The SMILES string of the molecule is CCOCCN(C)C(=O)N[C@H](CC(C)C)C(=O)O. The number of carboxylic acids is 1. The van der Waals surface area contributed by atoms with E-state index in [-0.39, 0.29) is 11.9 Å². The number of carbonyl (C=O) groups excluding carboxylic acids is 1. The molecule has 0 aromatic carbocycles. The van der Waals surface area contributed by atoms with Gasteiger partial charge in [0.1, 0.15) is 6.04 Å². The van der Waals surface area contributed by atoms with Gasteiger partial charge in [0, 0.05) is 20.2 Å². The van der Waals surface area contributed by atoms with E-state index in [0.717, 1.165) is 0 Å². The highest BCUT2D eigenvalue weighted by Crippen LogP contribution is 2.05. The lowest BCUT2D eigenvalue weighted by atomic mass is 10.0. The second-order valence-electron chi connectivity index (χ2n) is 4.59. The van der Waals surface area contributed by atoms with E-state index in [9.17, 15) is 9.59 Å². The third kappa shape index (κ3) is 7.11. The maximum absolute atomic E-state index is 11.7. The number of hydrogen-bond donors (Lipinski definition) is 2. The zero-order valence-corrected chi connectivity index (χ0v) is 11.6. The minimum Gasteiger partial charge on any atom is -0.480 e. The van der Waals surface area contributed by atoms with Crippen molar-refractivity contribution in [2.45, 2.75) is 33.2 Å². The van der Waals surface area contributed by atoms with E-state index in [1.165, 1.54) is 4.90 Å². The Hall–Kier alpha value is -1.30. The Morgan fingerprint density at radius 2 is 2.00 bits per heavy atom. The van der Waals surface area contributed by atoms with Crippen LogP contribution in [0.25, 0.3) is 0 Å². The lowest BCUT2D eigenvalue weighted by Gasteiger charge is -2.22. The smallest absolute Gasteiger partial charge is 0.326 e. The summed E-state index contributed by atoms with van der Waals surface area (Å²) in [6, 6.07) is -1.23. The molecule has 2 N–H and O–H groups in total. The van der Waals surface area contributed by atoms with Crippen molar-refractivity contribution in [2.75, 3.05) is 26.8 Å². The van der Waals surface area contributed by atoms with Crippen LogP contribution in [-0.2, 0) is 9.53 Å². The number of nitrogens with zero attached hydrogens (tertiary/aromatic N) is 1. The Labute approximate surface area is 108 Å². The lowest BCUT2D eigenvalue weighted by molar-refractivity contribution is -0.139. The van der Waals surface area contributed by atoms with E-state index < -0.39 is 12.0 Å². The first kappa shape index (κ1) is 16.7. The molecule has 0 unspecified atom stereocenters. The van der Waals surface area contributed by atoms with E-state index in [1.807, 2.05) is 20.8 Å². The molecule has 0 rings (SSSR count). The summed E-state index contributed by atoms with van der Waals surface area (Å²) in [6.45, 7) is 7.20. The van der Waals surface area contributed by atoms with Gasteiger partial charge in [-0.15, -0.1) is 0 Å². The molecule has 1 atom stereocenters. The highest BCUT2D eigenvalue weighted by atomic mass is 16.5. The predicted octanol–water partition coefficient (Wildman–Crippen LogP) is 1.16. The van der Waals surface area contributed by atoms with Crippen molar-refractivity contribution in [1.82, 2.24) is 10.2 Å². The van der Waals surface area contributed by atoms with Crippen LogP contribution in [0.1, 0.15) is 27.2 Å². The molecule has 106 valence electrons. The molecule has 0 fully saturated rings. The third-order valence-electron chi connectivity index (χ3n) is 2.42. The minimum absolute atomic E-state index is 0.208. The van der Waals surface area contributed by atoms with Gasteiger partial charge in [0.25, 0.3) is 0 Å². The van der Waals surface area contributed by atoms with Crippen molar-refractivity contribution in [2.24, 2.45) is 5.92 Å². The van der Waals surface area contributed by atoms with Gasteiger partial charge in [0.05, 0.1) is 6.61 Å². The molecule has 0 spiro atoms. The van der Waals surface area contributed by atoms with Crippen molar-refractivity contribution in [3.8, 4) is 0 Å². The number of ether oxygens (including phenoxy) is 1. The van der Waals surface area contributed by atoms with Crippen LogP contribution in [0.3, 0.4) is 0 Å². The molecule has 18 heavy (non-hydrogen) atoms. The molecule has 0 radical (unpaired) electrons. The van der Waals surface area contributed by atoms with Gasteiger partial charge < -0.3 is 20.1 Å². The molecule has 0 aromatic heterocycles. The van der Waals surface area contributed by atoms with Crippen LogP contribution in [-0.4, -0.2) is 54.9 Å². The number of rotatable bonds is 8. The van der Waals surface area contributed by atoms with Gasteiger partial charge in [-0.3, -0.25) is 0 Å². The highest BCUT2D eigenvalue weighted by molar-refractivity contribution is 5.82. The van der Waals surface area contributed by atoms with Gasteiger partial charge in [-0.05, 0) is 19.3 Å². The van der Waals surface area contributed by atoms with Gasteiger partial charge >= 0.3 is 12.0 Å². The predicted molar refractivity (Wildman–Crippen MR) is 68.5 cm³/mol. The number of carbonyl (C=O) groups is 2. The number of urea groups is 1. The molecule has 0 saturated heterocycles. The summed E-state index contributed by atoms with van der Waals surface area (Å²) in [7, 11) is 1.61. The van der Waals surface area contributed by atoms with Crippen molar-refractivity contribution < 1.29 is 19.4 Å². The number of nitrogens with one attached hydrogen (secondary N) is 1. The molecule has 0 aliphatic rings. The molecule has 6 heteroatoms. The maximum atomic E-state index is 11.7. The van der Waals surface area contributed by atoms with E-state index in [1.54, 1.807) is 7.05 Å².